The summed E-state index contributed by atoms with van der Waals surface area (Å²) >= 11 is 0. The number of imidazole rings is 1. The molecule has 0 amide bonds. The van der Waals surface area contributed by atoms with Crippen LogP contribution in [0.15, 0.2) is 24.3 Å². The Hall–Kier alpha value is -1.31. The van der Waals surface area contributed by atoms with Crippen LogP contribution < -0.4 is 0 Å². The summed E-state index contributed by atoms with van der Waals surface area (Å²) in [6, 6.07) is 8.18. The van der Waals surface area contributed by atoms with E-state index in [0.717, 1.165) is 29.7 Å². The first kappa shape index (κ1) is 10.2. The molecular weight excluding hydrogens is 184 g/mol. The third kappa shape index (κ3) is 2.58. The summed E-state index contributed by atoms with van der Waals surface area (Å²) in [5.41, 5.74) is 2.22. The molecule has 15 heavy (non-hydrogen) atoms. The minimum absolute atomic E-state index is 1.04. The molecule has 2 heteroatoms. The van der Waals surface area contributed by atoms with Gasteiger partial charge < -0.3 is 4.98 Å². The van der Waals surface area contributed by atoms with Crippen LogP contribution in [0.25, 0.3) is 11.0 Å². The van der Waals surface area contributed by atoms with Gasteiger partial charge in [0.1, 0.15) is 5.82 Å². The lowest BCUT2D eigenvalue weighted by Gasteiger charge is -1.95. The monoisotopic (exact) mass is 201 g/mol. The fourth-order valence-corrected chi connectivity index (χ4v) is 1.77. The first-order valence-corrected chi connectivity index (χ1v) is 5.63. The molecule has 2 rings (SSSR count). The Morgan fingerprint density at radius 3 is 2.80 bits per heavy atom. The summed E-state index contributed by atoms with van der Waals surface area (Å²) in [6.45, 7) is 3.84. The maximum atomic E-state index is 4.54. The predicted octanol–water partition coefficient (Wildman–Crippen LogP) is 3.50. The number of H-pyrrole nitrogens is 1. The van der Waals surface area contributed by atoms with E-state index in [1.54, 1.807) is 0 Å². The van der Waals surface area contributed by atoms with Crippen molar-refractivity contribution in [3.8, 4) is 0 Å². The Kier molecular flexibility index (Phi) is 3.38. The van der Waals surface area contributed by atoms with Gasteiger partial charge in [0.05, 0.1) is 11.0 Å². The second-order valence-corrected chi connectivity index (χ2v) is 3.86. The predicted molar refractivity (Wildman–Crippen MR) is 63.6 cm³/mol. The van der Waals surface area contributed by atoms with E-state index in [1.807, 2.05) is 18.2 Å². The van der Waals surface area contributed by atoms with Gasteiger partial charge in [0.15, 0.2) is 0 Å². The van der Waals surface area contributed by atoms with E-state index in [2.05, 4.69) is 23.0 Å². The first-order chi connectivity index (χ1) is 7.40. The highest BCUT2D eigenvalue weighted by Crippen LogP contribution is 2.12. The number of para-hydroxylation sites is 2. The summed E-state index contributed by atoms with van der Waals surface area (Å²) in [6.07, 6.45) is 5.77. The van der Waals surface area contributed by atoms with Crippen molar-refractivity contribution in [2.75, 3.05) is 0 Å². The quantitative estimate of drug-likeness (QED) is 0.737. The van der Waals surface area contributed by atoms with Crippen molar-refractivity contribution < 1.29 is 0 Å². The molecule has 1 N–H and O–H groups in total. The molecule has 1 heterocycles. The van der Waals surface area contributed by atoms with Crippen LogP contribution in [0.3, 0.4) is 0 Å². The Morgan fingerprint density at radius 2 is 2.00 bits per heavy atom. The summed E-state index contributed by atoms with van der Waals surface area (Å²) in [4.78, 5) is 7.88. The number of nitrogens with one attached hydrogen (secondary N) is 1. The van der Waals surface area contributed by atoms with Crippen LogP contribution in [-0.4, -0.2) is 9.97 Å². The molecule has 0 atom stereocenters. The molecule has 2 aromatic rings. The van der Waals surface area contributed by atoms with Gasteiger partial charge in [0.2, 0.25) is 0 Å². The van der Waals surface area contributed by atoms with Crippen molar-refractivity contribution in [2.24, 2.45) is 0 Å². The van der Waals surface area contributed by atoms with Crippen molar-refractivity contribution in [1.29, 1.82) is 0 Å². The SMILES string of the molecule is [CH2]CCCCCc1nc2ccccc2[nH]1. The van der Waals surface area contributed by atoms with Crippen LogP contribution in [0.5, 0.6) is 0 Å². The van der Waals surface area contributed by atoms with Crippen molar-refractivity contribution in [2.45, 2.75) is 32.1 Å². The molecule has 0 unspecified atom stereocenters. The zero-order chi connectivity index (χ0) is 10.5. The molecule has 0 bridgehead atoms. The second-order valence-electron chi connectivity index (χ2n) is 3.86. The summed E-state index contributed by atoms with van der Waals surface area (Å²) in [5.74, 6) is 1.11. The van der Waals surface area contributed by atoms with Gasteiger partial charge in [-0.3, -0.25) is 0 Å². The van der Waals surface area contributed by atoms with Crippen molar-refractivity contribution in [1.82, 2.24) is 9.97 Å². The number of unbranched alkanes of at least 4 members (excludes halogenated alkanes) is 3. The second kappa shape index (κ2) is 4.96. The standard InChI is InChI=1S/C13H17N2/c1-2-3-4-5-10-13-14-11-8-6-7-9-12(11)15-13/h6-9H,1-5,10H2,(H,14,15). The van der Waals surface area contributed by atoms with Crippen LogP contribution in [0.2, 0.25) is 0 Å². The molecule has 0 spiro atoms. The van der Waals surface area contributed by atoms with Crippen molar-refractivity contribution in [3.63, 3.8) is 0 Å². The average molecular weight is 201 g/mol. The molecule has 1 aromatic carbocycles. The van der Waals surface area contributed by atoms with E-state index in [0.29, 0.717) is 0 Å². The molecule has 0 saturated heterocycles. The zero-order valence-corrected chi connectivity index (χ0v) is 9.00. The van der Waals surface area contributed by atoms with E-state index < -0.39 is 0 Å². The molecule has 1 radical (unpaired) electrons. The lowest BCUT2D eigenvalue weighted by molar-refractivity contribution is 0.673. The van der Waals surface area contributed by atoms with Gasteiger partial charge in [-0.1, -0.05) is 38.3 Å². The fourth-order valence-electron chi connectivity index (χ4n) is 1.77. The topological polar surface area (TPSA) is 28.7 Å². The molecule has 1 aromatic heterocycles. The van der Waals surface area contributed by atoms with Crippen LogP contribution >= 0.6 is 0 Å². The fraction of sp³-hybridized carbons (Fsp3) is 0.385. The lowest BCUT2D eigenvalue weighted by atomic mass is 10.1. The van der Waals surface area contributed by atoms with Gasteiger partial charge in [-0.25, -0.2) is 4.98 Å². The third-order valence-electron chi connectivity index (χ3n) is 2.60. The number of nitrogens with zero attached hydrogens (tertiary/aromatic N) is 1. The van der Waals surface area contributed by atoms with Crippen molar-refractivity contribution in [3.05, 3.63) is 37.0 Å². The normalized spacial score (nSPS) is 11.0. The lowest BCUT2D eigenvalue weighted by Crippen LogP contribution is -1.87. The van der Waals surface area contributed by atoms with Gasteiger partial charge in [0.25, 0.3) is 0 Å². The Labute approximate surface area is 90.7 Å². The van der Waals surface area contributed by atoms with E-state index in [9.17, 15) is 0 Å². The highest BCUT2D eigenvalue weighted by Gasteiger charge is 2.00. The van der Waals surface area contributed by atoms with Crippen LogP contribution in [0.1, 0.15) is 31.5 Å². The van der Waals surface area contributed by atoms with Gasteiger partial charge in [0, 0.05) is 6.42 Å². The van der Waals surface area contributed by atoms with Gasteiger partial charge in [-0.15, -0.1) is 0 Å². The highest BCUT2D eigenvalue weighted by molar-refractivity contribution is 5.74. The Bertz CT molecular complexity index is 384. The third-order valence-corrected chi connectivity index (χ3v) is 2.60. The van der Waals surface area contributed by atoms with E-state index in [-0.39, 0.29) is 0 Å². The Morgan fingerprint density at radius 1 is 1.13 bits per heavy atom. The Balaban J connectivity index is 1.97. The number of hydrogen-bond donors (Lipinski definition) is 1. The number of aromatic amines is 1. The smallest absolute Gasteiger partial charge is 0.107 e. The molecule has 0 aliphatic rings. The molecule has 0 saturated carbocycles. The largest absolute Gasteiger partial charge is 0.342 e. The number of rotatable bonds is 5. The zero-order valence-electron chi connectivity index (χ0n) is 9.00. The van der Waals surface area contributed by atoms with Crippen LogP contribution in [0, 0.1) is 6.92 Å². The van der Waals surface area contributed by atoms with E-state index in [4.69, 9.17) is 0 Å². The van der Waals surface area contributed by atoms with Crippen molar-refractivity contribution >= 4 is 11.0 Å². The molecule has 0 aliphatic heterocycles. The van der Waals surface area contributed by atoms with Gasteiger partial charge in [-0.2, -0.15) is 0 Å². The minimum Gasteiger partial charge on any atom is -0.342 e. The average Bonchev–Trinajstić information content (AvgIpc) is 2.67. The van der Waals surface area contributed by atoms with Crippen LogP contribution in [-0.2, 0) is 6.42 Å². The molecule has 2 nitrogen and oxygen atoms in total. The maximum Gasteiger partial charge on any atom is 0.107 e. The molecule has 79 valence electrons. The maximum absolute atomic E-state index is 4.54. The van der Waals surface area contributed by atoms with E-state index >= 15 is 0 Å². The highest BCUT2D eigenvalue weighted by atomic mass is 14.9. The number of aromatic nitrogens is 2. The summed E-state index contributed by atoms with van der Waals surface area (Å²) < 4.78 is 0. The summed E-state index contributed by atoms with van der Waals surface area (Å²) in [7, 11) is 0. The number of fused-ring (bicyclic) bond motifs is 1. The molecule has 0 fully saturated rings. The summed E-state index contributed by atoms with van der Waals surface area (Å²) in [5, 5.41) is 0. The molecule has 0 aliphatic carbocycles. The first-order valence-electron chi connectivity index (χ1n) is 5.63. The molecular formula is C13H17N2. The number of benzene rings is 1. The van der Waals surface area contributed by atoms with Crippen LogP contribution in [0.4, 0.5) is 0 Å². The minimum atomic E-state index is 1.04. The number of hydrogen-bond acceptors (Lipinski definition) is 1. The van der Waals surface area contributed by atoms with Gasteiger partial charge >= 0.3 is 0 Å². The van der Waals surface area contributed by atoms with Gasteiger partial charge in [-0.05, 0) is 18.6 Å². The van der Waals surface area contributed by atoms with E-state index in [1.165, 1.54) is 19.3 Å². The number of aryl methyl sites for hydroxylation is 1.